The summed E-state index contributed by atoms with van der Waals surface area (Å²) < 4.78 is 5.25. The molecule has 0 bridgehead atoms. The van der Waals surface area contributed by atoms with Crippen LogP contribution >= 0.6 is 24.0 Å². The Balaban J connectivity index is 0.00000312. The van der Waals surface area contributed by atoms with E-state index in [0.29, 0.717) is 11.2 Å². The molecule has 0 spiro atoms. The number of benzene rings is 1. The molecule has 3 N–H and O–H groups in total. The summed E-state index contributed by atoms with van der Waals surface area (Å²) in [5, 5.41) is 3.44. The topological polar surface area (TPSA) is 80.0 Å². The van der Waals surface area contributed by atoms with Crippen molar-refractivity contribution in [2.75, 3.05) is 33.3 Å². The molecule has 1 aliphatic rings. The van der Waals surface area contributed by atoms with Crippen LogP contribution in [0.15, 0.2) is 29.3 Å². The summed E-state index contributed by atoms with van der Waals surface area (Å²) in [7, 11) is 1.83. The maximum Gasteiger partial charge on any atom is 0.255 e. The van der Waals surface area contributed by atoms with E-state index < -0.39 is 5.91 Å². The number of halogens is 1. The van der Waals surface area contributed by atoms with E-state index >= 15 is 0 Å². The van der Waals surface area contributed by atoms with Gasteiger partial charge in [-0.1, -0.05) is 26.0 Å². The van der Waals surface area contributed by atoms with Crippen LogP contribution in [-0.2, 0) is 11.2 Å². The molecule has 1 saturated heterocycles. The van der Waals surface area contributed by atoms with Crippen LogP contribution in [0.2, 0.25) is 0 Å². The first kappa shape index (κ1) is 21.5. The number of guanidine groups is 1. The van der Waals surface area contributed by atoms with Crippen LogP contribution in [0.3, 0.4) is 0 Å². The Kier molecular flexibility index (Phi) is 8.47. The molecule has 0 atom stereocenters. The smallest absolute Gasteiger partial charge is 0.255 e. The molecule has 1 heterocycles. The molecule has 1 aliphatic heterocycles. The fourth-order valence-corrected chi connectivity index (χ4v) is 2.85. The molecule has 1 amide bonds. The second-order valence-electron chi connectivity index (χ2n) is 6.96. The lowest BCUT2D eigenvalue weighted by Crippen LogP contribution is -2.41. The van der Waals surface area contributed by atoms with Crippen molar-refractivity contribution in [2.24, 2.45) is 16.1 Å². The van der Waals surface area contributed by atoms with Crippen molar-refractivity contribution < 1.29 is 9.53 Å². The van der Waals surface area contributed by atoms with Gasteiger partial charge < -0.3 is 20.7 Å². The number of ether oxygens (including phenoxy) is 1. The van der Waals surface area contributed by atoms with Gasteiger partial charge in [-0.05, 0) is 36.0 Å². The Hall–Kier alpha value is -1.51. The molecule has 140 valence electrons. The van der Waals surface area contributed by atoms with E-state index in [-0.39, 0.29) is 30.6 Å². The van der Waals surface area contributed by atoms with Gasteiger partial charge in [-0.2, -0.15) is 0 Å². The second-order valence-corrected chi connectivity index (χ2v) is 6.96. The van der Waals surface area contributed by atoms with Crippen molar-refractivity contribution >= 4 is 35.8 Å². The standard InChI is InChI=1S/C18H28N4O2.HI/c1-18(2)9-11-22(13-18)17(20-3)21-10-8-14-4-6-15(7-5-14)24-12-16(19)23;/h4-7H,8-13H2,1-3H3,(H2,19,23)(H,20,21);1H. The van der Waals surface area contributed by atoms with Crippen LogP contribution in [0.5, 0.6) is 5.75 Å². The van der Waals surface area contributed by atoms with E-state index in [1.165, 1.54) is 12.0 Å². The Morgan fingerprint density at radius 1 is 1.36 bits per heavy atom. The van der Waals surface area contributed by atoms with Crippen molar-refractivity contribution in [1.29, 1.82) is 0 Å². The summed E-state index contributed by atoms with van der Waals surface area (Å²) in [4.78, 5) is 17.4. The number of hydrogen-bond acceptors (Lipinski definition) is 3. The first-order valence-electron chi connectivity index (χ1n) is 8.35. The summed E-state index contributed by atoms with van der Waals surface area (Å²) in [6.07, 6.45) is 2.09. The number of nitrogens with one attached hydrogen (secondary N) is 1. The molecule has 7 heteroatoms. The minimum Gasteiger partial charge on any atom is -0.484 e. The lowest BCUT2D eigenvalue weighted by atomic mass is 9.93. The van der Waals surface area contributed by atoms with Crippen molar-refractivity contribution in [1.82, 2.24) is 10.2 Å². The van der Waals surface area contributed by atoms with Gasteiger partial charge in [0.05, 0.1) is 0 Å². The predicted octanol–water partition coefficient (Wildman–Crippen LogP) is 2.02. The van der Waals surface area contributed by atoms with Gasteiger partial charge in [-0.15, -0.1) is 24.0 Å². The molecule has 1 aromatic rings. The Morgan fingerprint density at radius 3 is 2.56 bits per heavy atom. The SMILES string of the molecule is CN=C(NCCc1ccc(OCC(N)=O)cc1)N1CCC(C)(C)C1.I. The number of carbonyl (C=O) groups excluding carboxylic acids is 1. The fraction of sp³-hybridized carbons (Fsp3) is 0.556. The zero-order valence-corrected chi connectivity index (χ0v) is 17.6. The molecular weight excluding hydrogens is 431 g/mol. The lowest BCUT2D eigenvalue weighted by Gasteiger charge is -2.23. The lowest BCUT2D eigenvalue weighted by molar-refractivity contribution is -0.119. The number of hydrogen-bond donors (Lipinski definition) is 2. The summed E-state index contributed by atoms with van der Waals surface area (Å²) in [6, 6.07) is 7.71. The molecule has 2 rings (SSSR count). The number of rotatable bonds is 6. The Bertz CT molecular complexity index is 587. The zero-order valence-electron chi connectivity index (χ0n) is 15.2. The van der Waals surface area contributed by atoms with E-state index in [9.17, 15) is 4.79 Å². The summed E-state index contributed by atoms with van der Waals surface area (Å²) in [5.74, 6) is 1.15. The average molecular weight is 460 g/mol. The molecule has 1 aromatic carbocycles. The average Bonchev–Trinajstić information content (AvgIpc) is 2.90. The van der Waals surface area contributed by atoms with Gasteiger partial charge >= 0.3 is 0 Å². The number of aliphatic imine (C=N–C) groups is 1. The molecule has 6 nitrogen and oxygen atoms in total. The molecule has 1 fully saturated rings. The van der Waals surface area contributed by atoms with Gasteiger partial charge in [0.2, 0.25) is 0 Å². The second kappa shape index (κ2) is 9.84. The van der Waals surface area contributed by atoms with Crippen LogP contribution in [0.1, 0.15) is 25.8 Å². The largest absolute Gasteiger partial charge is 0.484 e. The van der Waals surface area contributed by atoms with E-state index in [1.807, 2.05) is 31.3 Å². The number of likely N-dealkylation sites (tertiary alicyclic amines) is 1. The van der Waals surface area contributed by atoms with Gasteiger partial charge in [0.15, 0.2) is 12.6 Å². The number of carbonyl (C=O) groups is 1. The third-order valence-electron chi connectivity index (χ3n) is 4.19. The minimum atomic E-state index is -0.472. The molecule has 0 saturated carbocycles. The van der Waals surface area contributed by atoms with Crippen LogP contribution in [-0.4, -0.2) is 50.1 Å². The Morgan fingerprint density at radius 2 is 2.04 bits per heavy atom. The van der Waals surface area contributed by atoms with Gasteiger partial charge in [0.1, 0.15) is 5.75 Å². The summed E-state index contributed by atoms with van der Waals surface area (Å²) >= 11 is 0. The van der Waals surface area contributed by atoms with Gasteiger partial charge in [-0.25, -0.2) is 0 Å². The molecule has 0 aromatic heterocycles. The maximum absolute atomic E-state index is 10.7. The van der Waals surface area contributed by atoms with E-state index in [2.05, 4.69) is 29.1 Å². The van der Waals surface area contributed by atoms with Crippen molar-refractivity contribution in [2.45, 2.75) is 26.7 Å². The third kappa shape index (κ3) is 7.09. The summed E-state index contributed by atoms with van der Waals surface area (Å²) in [5.41, 5.74) is 6.62. The van der Waals surface area contributed by atoms with Gasteiger partial charge in [-0.3, -0.25) is 9.79 Å². The highest BCUT2D eigenvalue weighted by Gasteiger charge is 2.30. The van der Waals surface area contributed by atoms with E-state index in [1.54, 1.807) is 0 Å². The van der Waals surface area contributed by atoms with E-state index in [4.69, 9.17) is 10.5 Å². The van der Waals surface area contributed by atoms with Crippen molar-refractivity contribution in [3.05, 3.63) is 29.8 Å². The molecule has 25 heavy (non-hydrogen) atoms. The molecular formula is C18H29IN4O2. The number of nitrogens with two attached hydrogens (primary N) is 1. The molecule has 0 aliphatic carbocycles. The maximum atomic E-state index is 10.7. The van der Waals surface area contributed by atoms with Crippen LogP contribution in [0, 0.1) is 5.41 Å². The highest BCUT2D eigenvalue weighted by atomic mass is 127. The van der Waals surface area contributed by atoms with Gasteiger partial charge in [0.25, 0.3) is 5.91 Å². The van der Waals surface area contributed by atoms with Crippen molar-refractivity contribution in [3.63, 3.8) is 0 Å². The molecule has 0 unspecified atom stereocenters. The number of primary amides is 1. The first-order chi connectivity index (χ1) is 11.4. The van der Waals surface area contributed by atoms with Crippen LogP contribution < -0.4 is 15.8 Å². The molecule has 0 radical (unpaired) electrons. The number of amides is 1. The Labute approximate surface area is 167 Å². The summed E-state index contributed by atoms with van der Waals surface area (Å²) in [6.45, 7) is 7.41. The van der Waals surface area contributed by atoms with Crippen LogP contribution in [0.4, 0.5) is 0 Å². The highest BCUT2D eigenvalue weighted by molar-refractivity contribution is 14.0. The predicted molar refractivity (Wildman–Crippen MR) is 112 cm³/mol. The number of nitrogens with zero attached hydrogens (tertiary/aromatic N) is 2. The van der Waals surface area contributed by atoms with Crippen LogP contribution in [0.25, 0.3) is 0 Å². The normalized spacial score (nSPS) is 16.3. The van der Waals surface area contributed by atoms with Gasteiger partial charge in [0, 0.05) is 26.7 Å². The first-order valence-corrected chi connectivity index (χ1v) is 8.35. The quantitative estimate of drug-likeness (QED) is 0.387. The zero-order chi connectivity index (χ0) is 17.6. The monoisotopic (exact) mass is 460 g/mol. The third-order valence-corrected chi connectivity index (χ3v) is 4.19. The minimum absolute atomic E-state index is 0. The van der Waals surface area contributed by atoms with E-state index in [0.717, 1.165) is 32.0 Å². The fourth-order valence-electron chi connectivity index (χ4n) is 2.85. The van der Waals surface area contributed by atoms with Crippen molar-refractivity contribution in [3.8, 4) is 5.75 Å². The highest BCUT2D eigenvalue weighted by Crippen LogP contribution is 2.28.